The Hall–Kier alpha value is -2.08. The molecule has 0 fully saturated rings. The molecule has 0 aliphatic carbocycles. The third-order valence-electron chi connectivity index (χ3n) is 2.86. The van der Waals surface area contributed by atoms with Crippen molar-refractivity contribution < 1.29 is 4.79 Å². The van der Waals surface area contributed by atoms with Gasteiger partial charge in [0.2, 0.25) is 11.1 Å². The first-order chi connectivity index (χ1) is 10.1. The van der Waals surface area contributed by atoms with Crippen molar-refractivity contribution in [1.29, 1.82) is 0 Å². The molecule has 0 saturated heterocycles. The lowest BCUT2D eigenvalue weighted by molar-refractivity contribution is -0.120. The van der Waals surface area contributed by atoms with Gasteiger partial charge in [0, 0.05) is 12.1 Å². The van der Waals surface area contributed by atoms with Crippen molar-refractivity contribution in [3.05, 3.63) is 42.5 Å². The smallest absolute Gasteiger partial charge is 0.233 e. The van der Waals surface area contributed by atoms with Gasteiger partial charge >= 0.3 is 0 Å². The van der Waals surface area contributed by atoms with Gasteiger partial charge in [-0.05, 0) is 13.8 Å². The molecule has 0 unspecified atom stereocenters. The molecule has 1 aromatic carbocycles. The van der Waals surface area contributed by atoms with E-state index in [0.29, 0.717) is 17.5 Å². The maximum Gasteiger partial charge on any atom is 0.233 e. The first-order valence-corrected chi connectivity index (χ1v) is 7.53. The van der Waals surface area contributed by atoms with E-state index in [1.807, 2.05) is 38.1 Å². The lowest BCUT2D eigenvalue weighted by atomic mass is 10.1. The SMILES string of the molecule is C=CCNC(=O)[C@@H](C)Sc1n[nH]c(-c2ccc(C)cc2)n1. The number of benzene rings is 1. The summed E-state index contributed by atoms with van der Waals surface area (Å²) >= 11 is 1.32. The van der Waals surface area contributed by atoms with Crippen LogP contribution in [0.15, 0.2) is 42.1 Å². The van der Waals surface area contributed by atoms with Gasteiger partial charge in [0.05, 0.1) is 5.25 Å². The second-order valence-electron chi connectivity index (χ2n) is 4.63. The highest BCUT2D eigenvalue weighted by atomic mass is 32.2. The lowest BCUT2D eigenvalue weighted by Crippen LogP contribution is -2.30. The van der Waals surface area contributed by atoms with Gasteiger partial charge in [-0.25, -0.2) is 4.98 Å². The van der Waals surface area contributed by atoms with Crippen LogP contribution >= 0.6 is 11.8 Å². The van der Waals surface area contributed by atoms with Gasteiger partial charge in [-0.2, -0.15) is 0 Å². The normalized spacial score (nSPS) is 11.9. The van der Waals surface area contributed by atoms with Gasteiger partial charge in [-0.3, -0.25) is 9.89 Å². The summed E-state index contributed by atoms with van der Waals surface area (Å²) in [4.78, 5) is 16.2. The molecule has 1 heterocycles. The molecule has 0 radical (unpaired) electrons. The summed E-state index contributed by atoms with van der Waals surface area (Å²) in [6, 6.07) is 8.03. The van der Waals surface area contributed by atoms with Crippen LogP contribution in [0.4, 0.5) is 0 Å². The molecule has 1 amide bonds. The summed E-state index contributed by atoms with van der Waals surface area (Å²) in [7, 11) is 0. The third-order valence-corrected chi connectivity index (χ3v) is 3.82. The van der Waals surface area contributed by atoms with Gasteiger partial charge < -0.3 is 5.32 Å². The van der Waals surface area contributed by atoms with Crippen LogP contribution in [0.25, 0.3) is 11.4 Å². The van der Waals surface area contributed by atoms with Gasteiger partial charge in [0.15, 0.2) is 5.82 Å². The second-order valence-corrected chi connectivity index (χ2v) is 5.93. The molecule has 110 valence electrons. The number of nitrogens with zero attached hydrogens (tertiary/aromatic N) is 2. The van der Waals surface area contributed by atoms with Crippen molar-refractivity contribution >= 4 is 17.7 Å². The molecule has 6 heteroatoms. The van der Waals surface area contributed by atoms with Gasteiger partial charge in [-0.15, -0.1) is 11.7 Å². The molecule has 2 aromatic rings. The van der Waals surface area contributed by atoms with Crippen molar-refractivity contribution in [2.75, 3.05) is 6.54 Å². The number of thioether (sulfide) groups is 1. The number of rotatable bonds is 6. The number of carbonyl (C=O) groups excluding carboxylic acids is 1. The number of hydrogen-bond donors (Lipinski definition) is 2. The van der Waals surface area contributed by atoms with Crippen LogP contribution in [0.2, 0.25) is 0 Å². The second kappa shape index (κ2) is 7.08. The number of nitrogens with one attached hydrogen (secondary N) is 2. The van der Waals surface area contributed by atoms with Gasteiger partial charge in [0.1, 0.15) is 0 Å². The van der Waals surface area contributed by atoms with Crippen LogP contribution in [0.5, 0.6) is 0 Å². The summed E-state index contributed by atoms with van der Waals surface area (Å²) in [5.41, 5.74) is 2.17. The predicted molar refractivity (Wildman–Crippen MR) is 85.1 cm³/mol. The average molecular weight is 302 g/mol. The third kappa shape index (κ3) is 4.19. The minimum atomic E-state index is -0.258. The Kier molecular flexibility index (Phi) is 5.16. The maximum atomic E-state index is 11.8. The van der Waals surface area contributed by atoms with Crippen LogP contribution in [0.3, 0.4) is 0 Å². The van der Waals surface area contributed by atoms with E-state index in [1.165, 1.54) is 17.3 Å². The molecule has 1 atom stereocenters. The van der Waals surface area contributed by atoms with E-state index in [0.717, 1.165) is 5.56 Å². The molecule has 0 aliphatic rings. The van der Waals surface area contributed by atoms with E-state index in [1.54, 1.807) is 6.08 Å². The summed E-state index contributed by atoms with van der Waals surface area (Å²) in [6.07, 6.45) is 1.65. The van der Waals surface area contributed by atoms with E-state index in [9.17, 15) is 4.79 Å². The molecule has 2 rings (SSSR count). The van der Waals surface area contributed by atoms with E-state index in [4.69, 9.17) is 0 Å². The number of aryl methyl sites for hydroxylation is 1. The van der Waals surface area contributed by atoms with Crippen molar-refractivity contribution in [3.63, 3.8) is 0 Å². The monoisotopic (exact) mass is 302 g/mol. The van der Waals surface area contributed by atoms with Crippen LogP contribution in [0, 0.1) is 6.92 Å². The van der Waals surface area contributed by atoms with Gasteiger partial charge in [0.25, 0.3) is 0 Å². The van der Waals surface area contributed by atoms with E-state index in [-0.39, 0.29) is 11.2 Å². The first-order valence-electron chi connectivity index (χ1n) is 6.65. The van der Waals surface area contributed by atoms with Crippen LogP contribution in [0.1, 0.15) is 12.5 Å². The maximum absolute atomic E-state index is 11.8. The molecule has 2 N–H and O–H groups in total. The number of aromatic nitrogens is 3. The highest BCUT2D eigenvalue weighted by Gasteiger charge is 2.16. The highest BCUT2D eigenvalue weighted by molar-refractivity contribution is 8.00. The Morgan fingerprint density at radius 3 is 2.86 bits per heavy atom. The minimum absolute atomic E-state index is 0.0541. The molecule has 0 aliphatic heterocycles. The number of carbonyl (C=O) groups is 1. The summed E-state index contributed by atoms with van der Waals surface area (Å²) < 4.78 is 0. The highest BCUT2D eigenvalue weighted by Crippen LogP contribution is 2.22. The standard InChI is InChI=1S/C15H18N4OS/c1-4-9-16-14(20)11(3)21-15-17-13(18-19-15)12-7-5-10(2)6-8-12/h4-8,11H,1,9H2,2-3H3,(H,16,20)(H,17,18,19)/t11-/m1/s1. The largest absolute Gasteiger partial charge is 0.352 e. The quantitative estimate of drug-likeness (QED) is 0.635. The van der Waals surface area contributed by atoms with Crippen molar-refractivity contribution in [2.24, 2.45) is 0 Å². The summed E-state index contributed by atoms with van der Waals surface area (Å²) in [5, 5.41) is 10.1. The fourth-order valence-corrected chi connectivity index (χ4v) is 2.42. The van der Waals surface area contributed by atoms with E-state index in [2.05, 4.69) is 27.1 Å². The number of aromatic amines is 1. The van der Waals surface area contributed by atoms with Crippen LogP contribution in [-0.4, -0.2) is 32.9 Å². The fourth-order valence-electron chi connectivity index (χ4n) is 1.67. The molecule has 5 nitrogen and oxygen atoms in total. The van der Waals surface area contributed by atoms with Gasteiger partial charge in [-0.1, -0.05) is 47.7 Å². The van der Waals surface area contributed by atoms with E-state index >= 15 is 0 Å². The Balaban J connectivity index is 2.01. The van der Waals surface area contributed by atoms with Crippen molar-refractivity contribution in [2.45, 2.75) is 24.3 Å². The first kappa shape index (κ1) is 15.3. The Bertz CT molecular complexity index is 621. The zero-order valence-corrected chi connectivity index (χ0v) is 12.9. The minimum Gasteiger partial charge on any atom is -0.352 e. The molecule has 0 saturated carbocycles. The van der Waals surface area contributed by atoms with Crippen LogP contribution < -0.4 is 5.32 Å². The molecule has 1 aromatic heterocycles. The molecule has 0 spiro atoms. The summed E-state index contributed by atoms with van der Waals surface area (Å²) in [6.45, 7) is 7.89. The molecule has 21 heavy (non-hydrogen) atoms. The number of hydrogen-bond acceptors (Lipinski definition) is 4. The fraction of sp³-hybridized carbons (Fsp3) is 0.267. The number of H-pyrrole nitrogens is 1. The van der Waals surface area contributed by atoms with E-state index < -0.39 is 0 Å². The van der Waals surface area contributed by atoms with Crippen molar-refractivity contribution in [3.8, 4) is 11.4 Å². The predicted octanol–water partition coefficient (Wildman–Crippen LogP) is 2.56. The molecular formula is C15H18N4OS. The average Bonchev–Trinajstić information content (AvgIpc) is 2.93. The molecule has 0 bridgehead atoms. The zero-order chi connectivity index (χ0) is 15.2. The Morgan fingerprint density at radius 1 is 1.48 bits per heavy atom. The lowest BCUT2D eigenvalue weighted by Gasteiger charge is -2.07. The van der Waals surface area contributed by atoms with Crippen LogP contribution in [-0.2, 0) is 4.79 Å². The molecular weight excluding hydrogens is 284 g/mol. The van der Waals surface area contributed by atoms with Crippen molar-refractivity contribution in [1.82, 2.24) is 20.5 Å². The summed E-state index contributed by atoms with van der Waals surface area (Å²) in [5.74, 6) is 0.651. The number of amides is 1. The Labute approximate surface area is 128 Å². The Morgan fingerprint density at radius 2 is 2.19 bits per heavy atom. The topological polar surface area (TPSA) is 70.7 Å². The zero-order valence-electron chi connectivity index (χ0n) is 12.1.